The summed E-state index contributed by atoms with van der Waals surface area (Å²) in [6.07, 6.45) is 2.57. The Morgan fingerprint density at radius 3 is 2.58 bits per heavy atom. The van der Waals surface area contributed by atoms with Crippen molar-refractivity contribution < 1.29 is 30.8 Å². The van der Waals surface area contributed by atoms with E-state index >= 15 is 0 Å². The van der Waals surface area contributed by atoms with Gasteiger partial charge in [-0.2, -0.15) is 21.6 Å². The number of carbonyl (C=O) groups excluding carboxylic acids is 1. The molecule has 1 amide bonds. The monoisotopic (exact) mass is 660 g/mol. The molecule has 1 aliphatic rings. The number of hydrogen-bond acceptors (Lipinski definition) is 5. The first-order valence-electron chi connectivity index (χ1n) is 11.7. The second-order valence-electron chi connectivity index (χ2n) is 9.01. The van der Waals surface area contributed by atoms with E-state index in [4.69, 9.17) is 15.1 Å². The Morgan fingerprint density at radius 1 is 1.24 bits per heavy atom. The lowest BCUT2D eigenvalue weighted by atomic mass is 10.1. The molecular weight excluding hydrogens is 638 g/mol. The van der Waals surface area contributed by atoms with Crippen LogP contribution in [0.15, 0.2) is 46.9 Å². The highest BCUT2D eigenvalue weighted by Crippen LogP contribution is 2.42. The number of benzene rings is 2. The van der Waals surface area contributed by atoms with Crippen molar-refractivity contribution in [1.29, 1.82) is 0 Å². The lowest BCUT2D eigenvalue weighted by Crippen LogP contribution is -2.30. The van der Waals surface area contributed by atoms with Gasteiger partial charge >= 0.3 is 15.5 Å². The Bertz CT molecular complexity index is 1670. The number of imidazole rings is 1. The molecule has 13 heteroatoms. The van der Waals surface area contributed by atoms with Crippen LogP contribution in [0.1, 0.15) is 53.3 Å². The summed E-state index contributed by atoms with van der Waals surface area (Å²) in [7, 11) is -5.62. The molecule has 0 aliphatic heterocycles. The molecule has 4 aromatic rings. The minimum absolute atomic E-state index is 0.162. The maximum atomic E-state index is 13.0. The number of fused-ring (bicyclic) bond motifs is 1. The highest BCUT2D eigenvalue weighted by Gasteiger charge is 2.46. The predicted molar refractivity (Wildman–Crippen MR) is 144 cm³/mol. The Balaban J connectivity index is 1.54. The molecular formula is C25H22F3IN4O4S. The van der Waals surface area contributed by atoms with Gasteiger partial charge in [0.1, 0.15) is 17.1 Å². The molecule has 0 radical (unpaired) electrons. The number of nitrogens with one attached hydrogen (secondary N) is 1. The van der Waals surface area contributed by atoms with Crippen LogP contribution in [0.4, 0.5) is 18.9 Å². The number of alkyl halides is 3. The molecule has 5 rings (SSSR count). The number of furan rings is 1. The summed E-state index contributed by atoms with van der Waals surface area (Å²) in [5.41, 5.74) is 2.64. The van der Waals surface area contributed by atoms with Crippen LogP contribution in [0.5, 0.6) is 0 Å². The van der Waals surface area contributed by atoms with Crippen LogP contribution in [-0.4, -0.2) is 29.4 Å². The zero-order valence-electron chi connectivity index (χ0n) is 20.0. The number of aryl methyl sites for hydroxylation is 1. The standard InChI is InChI=1S/C25H22F3IN4O4S/c1-2-19-31-21(14-8-9-14)22(24(30)34)33(19)12-13-7-10-18-16(11-13)20(29)23(37-18)15-5-3-4-6-17(15)32-38(35,36)25(26,27)28/h3-7,10-11,14,32H,2,8-9,12H2,1H3,(H2,30,34)/i24+2. The minimum atomic E-state index is -5.62. The lowest BCUT2D eigenvalue weighted by Gasteiger charge is -2.13. The van der Waals surface area contributed by atoms with Crippen molar-refractivity contribution in [1.82, 2.24) is 9.55 Å². The number of primary amides is 1. The average Bonchev–Trinajstić information content (AvgIpc) is 3.56. The number of nitrogens with zero attached hydrogens (tertiary/aromatic N) is 2. The van der Waals surface area contributed by atoms with Crippen molar-refractivity contribution in [3.8, 4) is 11.3 Å². The van der Waals surface area contributed by atoms with Gasteiger partial charge < -0.3 is 14.7 Å². The molecule has 2 aromatic carbocycles. The second-order valence-corrected chi connectivity index (χ2v) is 11.8. The van der Waals surface area contributed by atoms with E-state index in [1.54, 1.807) is 16.9 Å². The van der Waals surface area contributed by atoms with E-state index in [-0.39, 0.29) is 22.9 Å². The van der Waals surface area contributed by atoms with Crippen LogP contribution in [0, 0.1) is 3.57 Å². The molecule has 8 nitrogen and oxygen atoms in total. The molecule has 0 atom stereocenters. The van der Waals surface area contributed by atoms with Crippen molar-refractivity contribution in [3.05, 3.63) is 68.8 Å². The van der Waals surface area contributed by atoms with E-state index in [1.807, 2.05) is 46.2 Å². The highest BCUT2D eigenvalue weighted by atomic mass is 127. The first kappa shape index (κ1) is 26.5. The SMILES string of the molecule is CCc1nc(C2CC2)c([14C](N)=O)n1Cc1ccc2oc(-c3ccccc3NS(=O)(=O)C(F)(F)F)c(I)c2c1. The molecule has 0 unspecified atom stereocenters. The molecule has 200 valence electrons. The molecule has 2 aromatic heterocycles. The molecule has 38 heavy (non-hydrogen) atoms. The smallest absolute Gasteiger partial charge is 0.455 e. The molecule has 1 saturated carbocycles. The number of aromatic nitrogens is 2. The number of nitrogens with two attached hydrogens (primary N) is 1. The van der Waals surface area contributed by atoms with Crippen LogP contribution >= 0.6 is 22.6 Å². The van der Waals surface area contributed by atoms with E-state index in [0.29, 0.717) is 33.2 Å². The van der Waals surface area contributed by atoms with Crippen LogP contribution < -0.4 is 10.5 Å². The summed E-state index contributed by atoms with van der Waals surface area (Å²) in [5, 5.41) is 0.688. The van der Waals surface area contributed by atoms with Crippen molar-refractivity contribution in [2.24, 2.45) is 5.73 Å². The summed E-state index contributed by atoms with van der Waals surface area (Å²) in [6, 6.07) is 11.1. The normalized spacial score (nSPS) is 14.2. The van der Waals surface area contributed by atoms with Gasteiger partial charge in [-0.3, -0.25) is 9.52 Å². The first-order chi connectivity index (χ1) is 17.9. The summed E-state index contributed by atoms with van der Waals surface area (Å²) in [5.74, 6) is 0.704. The van der Waals surface area contributed by atoms with E-state index in [9.17, 15) is 26.4 Å². The average molecular weight is 660 g/mol. The quantitative estimate of drug-likeness (QED) is 0.234. The predicted octanol–water partition coefficient (Wildman–Crippen LogP) is 5.75. The van der Waals surface area contributed by atoms with E-state index in [2.05, 4.69) is 0 Å². The summed E-state index contributed by atoms with van der Waals surface area (Å²) in [4.78, 5) is 17.0. The molecule has 1 fully saturated rings. The number of amides is 1. The lowest BCUT2D eigenvalue weighted by molar-refractivity contribution is -0.0429. The number of para-hydroxylation sites is 1. The van der Waals surface area contributed by atoms with Gasteiger partial charge in [-0.15, -0.1) is 0 Å². The number of carbonyl (C=O) groups is 1. The van der Waals surface area contributed by atoms with Gasteiger partial charge in [0.25, 0.3) is 5.91 Å². The Hall–Kier alpha value is -3.07. The fourth-order valence-electron chi connectivity index (χ4n) is 4.40. The Kier molecular flexibility index (Phi) is 6.70. The van der Waals surface area contributed by atoms with Gasteiger partial charge in [-0.1, -0.05) is 25.1 Å². The van der Waals surface area contributed by atoms with Gasteiger partial charge in [0.2, 0.25) is 0 Å². The van der Waals surface area contributed by atoms with E-state index in [0.717, 1.165) is 29.9 Å². The van der Waals surface area contributed by atoms with Crippen molar-refractivity contribution in [2.75, 3.05) is 4.72 Å². The van der Waals surface area contributed by atoms with Crippen LogP contribution in [0.2, 0.25) is 0 Å². The van der Waals surface area contributed by atoms with Gasteiger partial charge in [0.05, 0.1) is 15.0 Å². The fraction of sp³-hybridized carbons (Fsp3) is 0.280. The van der Waals surface area contributed by atoms with Crippen molar-refractivity contribution in [2.45, 2.75) is 44.2 Å². The molecule has 2 heterocycles. The van der Waals surface area contributed by atoms with Gasteiger partial charge in [0, 0.05) is 29.8 Å². The Labute approximate surface area is 229 Å². The van der Waals surface area contributed by atoms with Crippen molar-refractivity contribution in [3.63, 3.8) is 0 Å². The molecule has 3 N–H and O–H groups in total. The number of sulfonamides is 1. The molecule has 0 spiro atoms. The van der Waals surface area contributed by atoms with Crippen LogP contribution in [-0.2, 0) is 23.0 Å². The first-order valence-corrected chi connectivity index (χ1v) is 14.3. The molecule has 1 aliphatic carbocycles. The summed E-state index contributed by atoms with van der Waals surface area (Å²) >= 11 is 2.02. The van der Waals surface area contributed by atoms with Gasteiger partial charge in [-0.25, -0.2) is 4.98 Å². The fourth-order valence-corrected chi connectivity index (χ4v) is 5.81. The second kappa shape index (κ2) is 9.59. The van der Waals surface area contributed by atoms with E-state index < -0.39 is 21.4 Å². The van der Waals surface area contributed by atoms with Crippen LogP contribution in [0.3, 0.4) is 0 Å². The number of anilines is 1. The third kappa shape index (κ3) is 4.77. The number of halogens is 4. The largest absolute Gasteiger partial charge is 0.516 e. The highest BCUT2D eigenvalue weighted by molar-refractivity contribution is 14.1. The zero-order chi connectivity index (χ0) is 27.4. The molecule has 0 bridgehead atoms. The maximum Gasteiger partial charge on any atom is 0.516 e. The topological polar surface area (TPSA) is 120 Å². The van der Waals surface area contributed by atoms with Gasteiger partial charge in [-0.05, 0) is 65.3 Å². The Morgan fingerprint density at radius 2 is 1.95 bits per heavy atom. The van der Waals surface area contributed by atoms with E-state index in [1.165, 1.54) is 18.2 Å². The minimum Gasteiger partial charge on any atom is -0.455 e. The van der Waals surface area contributed by atoms with Gasteiger partial charge in [0.15, 0.2) is 5.76 Å². The number of rotatable bonds is 8. The third-order valence-electron chi connectivity index (χ3n) is 6.34. The number of hydrogen-bond donors (Lipinski definition) is 2. The third-order valence-corrected chi connectivity index (χ3v) is 8.51. The molecule has 0 saturated heterocycles. The van der Waals surface area contributed by atoms with Crippen molar-refractivity contribution >= 4 is 55.2 Å². The summed E-state index contributed by atoms with van der Waals surface area (Å²) in [6.45, 7) is 2.30. The van der Waals surface area contributed by atoms with Crippen LogP contribution in [0.25, 0.3) is 22.3 Å². The maximum absolute atomic E-state index is 13.0. The zero-order valence-corrected chi connectivity index (χ0v) is 22.9. The summed E-state index contributed by atoms with van der Waals surface area (Å²) < 4.78 is 72.5.